The Balaban J connectivity index is 1.59. The van der Waals surface area contributed by atoms with Gasteiger partial charge in [-0.15, -0.1) is 0 Å². The molecule has 0 bridgehead atoms. The number of carbonyl (C=O) groups is 1. The van der Waals surface area contributed by atoms with Crippen LogP contribution in [0.3, 0.4) is 0 Å². The highest BCUT2D eigenvalue weighted by Gasteiger charge is 2.17. The molecule has 0 radical (unpaired) electrons. The van der Waals surface area contributed by atoms with Crippen LogP contribution in [0.25, 0.3) is 0 Å². The second kappa shape index (κ2) is 10.8. The Bertz CT molecular complexity index is 1220. The van der Waals surface area contributed by atoms with Crippen molar-refractivity contribution in [3.8, 4) is 0 Å². The summed E-state index contributed by atoms with van der Waals surface area (Å²) in [6.45, 7) is 2.07. The lowest BCUT2D eigenvalue weighted by Crippen LogP contribution is -2.15. The topological polar surface area (TPSA) is 54.9 Å². The summed E-state index contributed by atoms with van der Waals surface area (Å²) in [4.78, 5) is 24.0. The van der Waals surface area contributed by atoms with Gasteiger partial charge in [0.1, 0.15) is 5.69 Å². The minimum absolute atomic E-state index is 0.254. The summed E-state index contributed by atoms with van der Waals surface area (Å²) >= 11 is 6.45. The van der Waals surface area contributed by atoms with Crippen molar-refractivity contribution < 1.29 is 4.79 Å². The fraction of sp³-hybridized carbons (Fsp3) is 0.0800. The number of benzene rings is 3. The number of halogens is 1. The lowest BCUT2D eigenvalue weighted by Gasteiger charge is -2.11. The number of aryl methyl sites for hydroxylation is 1. The Kier molecular flexibility index (Phi) is 7.63. The van der Waals surface area contributed by atoms with Gasteiger partial charge in [-0.2, -0.15) is 0 Å². The molecule has 0 fully saturated rings. The lowest BCUT2D eigenvalue weighted by molar-refractivity contribution is 0.101. The molecule has 4 aromatic rings. The molecule has 0 saturated carbocycles. The average molecular weight is 522 g/mol. The fourth-order valence-corrected chi connectivity index (χ4v) is 4.84. The highest BCUT2D eigenvalue weighted by molar-refractivity contribution is 9.10. The van der Waals surface area contributed by atoms with Crippen LogP contribution in [0, 0.1) is 6.92 Å². The van der Waals surface area contributed by atoms with Crippen molar-refractivity contribution >= 4 is 51.0 Å². The van der Waals surface area contributed by atoms with Gasteiger partial charge in [0.05, 0.1) is 4.90 Å². The average Bonchev–Trinajstić information content (AvgIpc) is 2.80. The maximum atomic E-state index is 13.1. The first-order valence-electron chi connectivity index (χ1n) is 9.92. The smallest absolute Gasteiger partial charge is 0.275 e. The normalized spacial score (nSPS) is 10.7. The Morgan fingerprint density at radius 2 is 1.78 bits per heavy atom. The summed E-state index contributed by atoms with van der Waals surface area (Å²) in [5, 5.41) is 3.52. The number of thioether (sulfide) groups is 1. The standard InChI is InChI=1S/C25H20BrN3OS2/c1-17-6-5-7-18(14-17)16-31-25-27-15-22(32-21-12-10-19(26)11-13-21)23(29-25)24(30)28-20-8-3-2-4-9-20/h2-15H,16H2,1H3,(H,28,30). The first kappa shape index (κ1) is 22.6. The third-order valence-electron chi connectivity index (χ3n) is 4.47. The number of rotatable bonds is 7. The predicted octanol–water partition coefficient (Wildman–Crippen LogP) is 7.24. The van der Waals surface area contributed by atoms with Gasteiger partial charge in [-0.3, -0.25) is 4.79 Å². The molecule has 0 aliphatic rings. The lowest BCUT2D eigenvalue weighted by atomic mass is 10.2. The van der Waals surface area contributed by atoms with Gasteiger partial charge < -0.3 is 5.32 Å². The Hall–Kier alpha value is -2.61. The van der Waals surface area contributed by atoms with E-state index >= 15 is 0 Å². The van der Waals surface area contributed by atoms with E-state index < -0.39 is 0 Å². The van der Waals surface area contributed by atoms with E-state index in [1.165, 1.54) is 34.7 Å². The SMILES string of the molecule is Cc1cccc(CSc2ncc(Sc3ccc(Br)cc3)c(C(=O)Nc3ccccc3)n2)c1. The number of aromatic nitrogens is 2. The highest BCUT2D eigenvalue weighted by atomic mass is 79.9. The van der Waals surface area contributed by atoms with Crippen LogP contribution >= 0.6 is 39.5 Å². The van der Waals surface area contributed by atoms with Crippen LogP contribution in [0.2, 0.25) is 0 Å². The van der Waals surface area contributed by atoms with Gasteiger partial charge in [-0.25, -0.2) is 9.97 Å². The van der Waals surface area contributed by atoms with Gasteiger partial charge in [0.2, 0.25) is 0 Å². The highest BCUT2D eigenvalue weighted by Crippen LogP contribution is 2.32. The van der Waals surface area contributed by atoms with Crippen molar-refractivity contribution in [1.82, 2.24) is 9.97 Å². The number of amides is 1. The van der Waals surface area contributed by atoms with Crippen LogP contribution in [-0.4, -0.2) is 15.9 Å². The van der Waals surface area contributed by atoms with Crippen molar-refractivity contribution in [2.24, 2.45) is 0 Å². The summed E-state index contributed by atoms with van der Waals surface area (Å²) in [5.74, 6) is 0.483. The number of hydrogen-bond acceptors (Lipinski definition) is 5. The third-order valence-corrected chi connectivity index (χ3v) is 6.96. The zero-order valence-corrected chi connectivity index (χ0v) is 20.5. The number of hydrogen-bond donors (Lipinski definition) is 1. The molecule has 1 amide bonds. The van der Waals surface area contributed by atoms with E-state index in [1.807, 2.05) is 60.7 Å². The minimum atomic E-state index is -0.254. The fourth-order valence-electron chi connectivity index (χ4n) is 2.95. The molecule has 0 aliphatic heterocycles. The summed E-state index contributed by atoms with van der Waals surface area (Å²) in [7, 11) is 0. The van der Waals surface area contributed by atoms with E-state index in [2.05, 4.69) is 56.3 Å². The van der Waals surface area contributed by atoms with Crippen LogP contribution in [0.5, 0.6) is 0 Å². The van der Waals surface area contributed by atoms with Crippen molar-refractivity contribution in [2.75, 3.05) is 5.32 Å². The molecule has 1 N–H and O–H groups in total. The molecular formula is C25H20BrN3OS2. The van der Waals surface area contributed by atoms with Crippen LogP contribution in [0.15, 0.2) is 104 Å². The molecule has 160 valence electrons. The Morgan fingerprint density at radius 1 is 1.00 bits per heavy atom. The zero-order chi connectivity index (χ0) is 22.3. The van der Waals surface area contributed by atoms with E-state index in [-0.39, 0.29) is 5.91 Å². The van der Waals surface area contributed by atoms with Crippen molar-refractivity contribution in [3.63, 3.8) is 0 Å². The molecule has 0 spiro atoms. The molecule has 0 aliphatic carbocycles. The molecule has 4 nitrogen and oxygen atoms in total. The van der Waals surface area contributed by atoms with E-state index in [1.54, 1.807) is 6.20 Å². The molecule has 0 saturated heterocycles. The molecule has 0 atom stereocenters. The predicted molar refractivity (Wildman–Crippen MR) is 135 cm³/mol. The monoisotopic (exact) mass is 521 g/mol. The van der Waals surface area contributed by atoms with Gasteiger partial charge >= 0.3 is 0 Å². The molecule has 0 unspecified atom stereocenters. The van der Waals surface area contributed by atoms with E-state index in [9.17, 15) is 4.79 Å². The van der Waals surface area contributed by atoms with Crippen LogP contribution in [0.1, 0.15) is 21.6 Å². The van der Waals surface area contributed by atoms with E-state index in [4.69, 9.17) is 0 Å². The van der Waals surface area contributed by atoms with E-state index in [0.29, 0.717) is 15.7 Å². The van der Waals surface area contributed by atoms with Gasteiger partial charge in [0.25, 0.3) is 5.91 Å². The minimum Gasteiger partial charge on any atom is -0.321 e. The van der Waals surface area contributed by atoms with Gasteiger partial charge in [-0.05, 0) is 48.9 Å². The van der Waals surface area contributed by atoms with Crippen molar-refractivity contribution in [2.45, 2.75) is 27.6 Å². The van der Waals surface area contributed by atoms with Crippen LogP contribution in [-0.2, 0) is 5.75 Å². The van der Waals surface area contributed by atoms with Crippen molar-refractivity contribution in [3.05, 3.63) is 106 Å². The Morgan fingerprint density at radius 3 is 2.53 bits per heavy atom. The maximum Gasteiger partial charge on any atom is 0.275 e. The molecule has 7 heteroatoms. The molecule has 4 rings (SSSR count). The second-order valence-electron chi connectivity index (χ2n) is 7.02. The zero-order valence-electron chi connectivity index (χ0n) is 17.3. The number of carbonyl (C=O) groups excluding carboxylic acids is 1. The third kappa shape index (κ3) is 6.22. The number of anilines is 1. The quantitative estimate of drug-likeness (QED) is 0.205. The molecule has 3 aromatic carbocycles. The molecule has 1 aromatic heterocycles. The first-order valence-corrected chi connectivity index (χ1v) is 12.5. The maximum absolute atomic E-state index is 13.1. The van der Waals surface area contributed by atoms with Crippen LogP contribution in [0.4, 0.5) is 5.69 Å². The summed E-state index contributed by atoms with van der Waals surface area (Å²) in [6.07, 6.45) is 1.73. The number of nitrogens with zero attached hydrogens (tertiary/aromatic N) is 2. The summed E-state index contributed by atoms with van der Waals surface area (Å²) < 4.78 is 1.00. The molecular weight excluding hydrogens is 502 g/mol. The molecule has 1 heterocycles. The van der Waals surface area contributed by atoms with Crippen molar-refractivity contribution in [1.29, 1.82) is 0 Å². The summed E-state index contributed by atoms with van der Waals surface area (Å²) in [5.41, 5.74) is 3.50. The van der Waals surface area contributed by atoms with Gasteiger partial charge in [-0.1, -0.05) is 87.5 Å². The van der Waals surface area contributed by atoms with Gasteiger partial charge in [0.15, 0.2) is 5.16 Å². The Labute approximate surface area is 204 Å². The number of para-hydroxylation sites is 1. The first-order chi connectivity index (χ1) is 15.6. The van der Waals surface area contributed by atoms with Crippen LogP contribution < -0.4 is 5.32 Å². The van der Waals surface area contributed by atoms with E-state index in [0.717, 1.165) is 20.8 Å². The summed E-state index contributed by atoms with van der Waals surface area (Å²) in [6, 6.07) is 25.7. The van der Waals surface area contributed by atoms with Gasteiger partial charge in [0, 0.05) is 27.0 Å². The largest absolute Gasteiger partial charge is 0.321 e. The molecule has 32 heavy (non-hydrogen) atoms. The number of nitrogens with one attached hydrogen (secondary N) is 1. The second-order valence-corrected chi connectivity index (χ2v) is 9.99.